The van der Waals surface area contributed by atoms with Crippen molar-refractivity contribution >= 4 is 34.5 Å². The number of rotatable bonds is 5. The van der Waals surface area contributed by atoms with Crippen LogP contribution in [0.3, 0.4) is 0 Å². The van der Waals surface area contributed by atoms with Gasteiger partial charge in [0, 0.05) is 17.7 Å². The molecule has 1 amide bonds. The molecule has 1 aliphatic rings. The summed E-state index contributed by atoms with van der Waals surface area (Å²) in [5.41, 5.74) is 5.11. The molecule has 0 aliphatic carbocycles. The number of nitrogens with one attached hydrogen (secondary N) is 1. The zero-order valence-corrected chi connectivity index (χ0v) is 17.4. The topological polar surface area (TPSA) is 64.9 Å². The standard InChI is InChI=1S/C24H24ClN3O2/c25-22-14-17(10-11-23(22)29)24(30)27-26-15-18-6-4-9-21-19(7-5-8-20(18)21)16-28-12-2-1-3-13-28/h4-11,14-15,29H,1-3,12-13,16H2,(H,27,30). The van der Waals surface area contributed by atoms with E-state index in [1.807, 2.05) is 12.1 Å². The second kappa shape index (κ2) is 9.28. The van der Waals surface area contributed by atoms with Gasteiger partial charge < -0.3 is 5.11 Å². The molecule has 0 spiro atoms. The maximum Gasteiger partial charge on any atom is 0.271 e. The number of hydrogen-bond acceptors (Lipinski definition) is 4. The second-order valence-corrected chi connectivity index (χ2v) is 7.97. The average Bonchev–Trinajstić information content (AvgIpc) is 2.77. The highest BCUT2D eigenvalue weighted by Gasteiger charge is 2.12. The summed E-state index contributed by atoms with van der Waals surface area (Å²) in [7, 11) is 0. The van der Waals surface area contributed by atoms with Crippen LogP contribution in [0.25, 0.3) is 10.8 Å². The summed E-state index contributed by atoms with van der Waals surface area (Å²) >= 11 is 5.87. The largest absolute Gasteiger partial charge is 0.506 e. The predicted molar refractivity (Wildman–Crippen MR) is 121 cm³/mol. The van der Waals surface area contributed by atoms with Gasteiger partial charge in [0.25, 0.3) is 5.91 Å². The first-order valence-electron chi connectivity index (χ1n) is 10.2. The smallest absolute Gasteiger partial charge is 0.271 e. The molecule has 6 heteroatoms. The van der Waals surface area contributed by atoms with E-state index < -0.39 is 0 Å². The molecule has 30 heavy (non-hydrogen) atoms. The minimum Gasteiger partial charge on any atom is -0.506 e. The van der Waals surface area contributed by atoms with Gasteiger partial charge in [-0.2, -0.15) is 5.10 Å². The van der Waals surface area contributed by atoms with Crippen LogP contribution in [0.2, 0.25) is 5.02 Å². The molecule has 0 saturated carbocycles. The fraction of sp³-hybridized carbons (Fsp3) is 0.250. The Morgan fingerprint density at radius 1 is 1.07 bits per heavy atom. The summed E-state index contributed by atoms with van der Waals surface area (Å²) in [5, 5.41) is 16.1. The number of halogens is 1. The van der Waals surface area contributed by atoms with Crippen molar-refractivity contribution in [1.29, 1.82) is 0 Å². The molecule has 3 aromatic rings. The maximum absolute atomic E-state index is 12.3. The molecule has 5 nitrogen and oxygen atoms in total. The van der Waals surface area contributed by atoms with Crippen LogP contribution < -0.4 is 5.43 Å². The zero-order chi connectivity index (χ0) is 20.9. The van der Waals surface area contributed by atoms with E-state index in [9.17, 15) is 9.90 Å². The first-order valence-corrected chi connectivity index (χ1v) is 10.5. The number of nitrogens with zero attached hydrogens (tertiary/aromatic N) is 2. The van der Waals surface area contributed by atoms with E-state index in [-0.39, 0.29) is 16.7 Å². The Labute approximate surface area is 181 Å². The quantitative estimate of drug-likeness (QED) is 0.452. The fourth-order valence-electron chi connectivity index (χ4n) is 3.88. The number of benzene rings is 3. The van der Waals surface area contributed by atoms with Crippen molar-refractivity contribution in [2.24, 2.45) is 5.10 Å². The van der Waals surface area contributed by atoms with Crippen LogP contribution in [0.15, 0.2) is 59.7 Å². The van der Waals surface area contributed by atoms with Crippen LogP contribution in [0.5, 0.6) is 5.75 Å². The molecule has 1 aliphatic heterocycles. The van der Waals surface area contributed by atoms with E-state index in [2.05, 4.69) is 39.7 Å². The van der Waals surface area contributed by atoms with Crippen molar-refractivity contribution in [2.45, 2.75) is 25.8 Å². The molecule has 1 heterocycles. The molecular formula is C24H24ClN3O2. The molecule has 0 radical (unpaired) electrons. The third-order valence-corrected chi connectivity index (χ3v) is 5.77. The van der Waals surface area contributed by atoms with Crippen molar-refractivity contribution in [2.75, 3.05) is 13.1 Å². The summed E-state index contributed by atoms with van der Waals surface area (Å²) in [6, 6.07) is 16.8. The number of hydrogen-bond donors (Lipinski definition) is 2. The van der Waals surface area contributed by atoms with Crippen LogP contribution in [0, 0.1) is 0 Å². The van der Waals surface area contributed by atoms with E-state index in [1.54, 1.807) is 6.21 Å². The van der Waals surface area contributed by atoms with Gasteiger partial charge in [0.05, 0.1) is 11.2 Å². The molecule has 154 valence electrons. The van der Waals surface area contributed by atoms with Crippen molar-refractivity contribution in [3.63, 3.8) is 0 Å². The fourth-order valence-corrected chi connectivity index (χ4v) is 4.06. The molecule has 1 fully saturated rings. The van der Waals surface area contributed by atoms with E-state index in [0.717, 1.165) is 30.6 Å². The van der Waals surface area contributed by atoms with Gasteiger partial charge >= 0.3 is 0 Å². The Morgan fingerprint density at radius 2 is 1.83 bits per heavy atom. The summed E-state index contributed by atoms with van der Waals surface area (Å²) in [4.78, 5) is 14.8. The summed E-state index contributed by atoms with van der Waals surface area (Å²) in [6.45, 7) is 3.27. The number of phenolic OH excluding ortho intramolecular Hbond substituents is 1. The van der Waals surface area contributed by atoms with Crippen molar-refractivity contribution in [3.8, 4) is 5.75 Å². The lowest BCUT2D eigenvalue weighted by atomic mass is 9.99. The van der Waals surface area contributed by atoms with E-state index in [4.69, 9.17) is 11.6 Å². The number of aromatic hydroxyl groups is 1. The van der Waals surface area contributed by atoms with E-state index in [0.29, 0.717) is 5.56 Å². The first-order chi connectivity index (χ1) is 14.6. The van der Waals surface area contributed by atoms with Gasteiger partial charge in [0.1, 0.15) is 5.75 Å². The Kier molecular flexibility index (Phi) is 6.31. The first kappa shape index (κ1) is 20.4. The summed E-state index contributed by atoms with van der Waals surface area (Å²) in [6.07, 6.45) is 5.53. The van der Waals surface area contributed by atoms with Gasteiger partial charge in [-0.05, 0) is 60.5 Å². The van der Waals surface area contributed by atoms with Gasteiger partial charge in [-0.3, -0.25) is 9.69 Å². The van der Waals surface area contributed by atoms with Gasteiger partial charge in [-0.1, -0.05) is 54.4 Å². The normalized spacial score (nSPS) is 15.0. The lowest BCUT2D eigenvalue weighted by Crippen LogP contribution is -2.29. The molecule has 4 rings (SSSR count). The number of amides is 1. The highest BCUT2D eigenvalue weighted by Crippen LogP contribution is 2.25. The number of piperidine rings is 1. The zero-order valence-electron chi connectivity index (χ0n) is 16.6. The molecule has 0 atom stereocenters. The Hall–Kier alpha value is -2.89. The van der Waals surface area contributed by atoms with E-state index >= 15 is 0 Å². The van der Waals surface area contributed by atoms with Gasteiger partial charge in [-0.15, -0.1) is 0 Å². The third-order valence-electron chi connectivity index (χ3n) is 5.47. The number of hydrazone groups is 1. The number of phenols is 1. The predicted octanol–water partition coefficient (Wildman–Crippen LogP) is 4.95. The highest BCUT2D eigenvalue weighted by molar-refractivity contribution is 6.32. The lowest BCUT2D eigenvalue weighted by Gasteiger charge is -2.27. The minimum atomic E-state index is -0.390. The molecular weight excluding hydrogens is 398 g/mol. The molecule has 3 aromatic carbocycles. The number of carbonyl (C=O) groups is 1. The minimum absolute atomic E-state index is 0.0622. The number of carbonyl (C=O) groups excluding carboxylic acids is 1. The molecule has 0 bridgehead atoms. The Balaban J connectivity index is 1.51. The van der Waals surface area contributed by atoms with Crippen LogP contribution in [-0.4, -0.2) is 35.2 Å². The monoisotopic (exact) mass is 421 g/mol. The Bertz CT molecular complexity index is 1090. The number of fused-ring (bicyclic) bond motifs is 1. The van der Waals surface area contributed by atoms with Gasteiger partial charge in [0.2, 0.25) is 0 Å². The number of likely N-dealkylation sites (tertiary alicyclic amines) is 1. The van der Waals surface area contributed by atoms with Crippen molar-refractivity contribution < 1.29 is 9.90 Å². The Morgan fingerprint density at radius 3 is 2.63 bits per heavy atom. The van der Waals surface area contributed by atoms with Gasteiger partial charge in [-0.25, -0.2) is 5.43 Å². The van der Waals surface area contributed by atoms with E-state index in [1.165, 1.54) is 48.4 Å². The molecule has 1 saturated heterocycles. The van der Waals surface area contributed by atoms with Crippen LogP contribution in [0.4, 0.5) is 0 Å². The molecule has 2 N–H and O–H groups in total. The van der Waals surface area contributed by atoms with Crippen molar-refractivity contribution in [3.05, 3.63) is 76.3 Å². The van der Waals surface area contributed by atoms with Crippen LogP contribution in [0.1, 0.15) is 40.7 Å². The summed E-state index contributed by atoms with van der Waals surface area (Å²) < 4.78 is 0. The SMILES string of the molecule is O=C(NN=Cc1cccc2c(CN3CCCCC3)cccc12)c1ccc(O)c(Cl)c1. The van der Waals surface area contributed by atoms with Gasteiger partial charge in [0.15, 0.2) is 0 Å². The van der Waals surface area contributed by atoms with Crippen LogP contribution >= 0.6 is 11.6 Å². The summed E-state index contributed by atoms with van der Waals surface area (Å²) in [5.74, 6) is -0.452. The molecule has 0 unspecified atom stereocenters. The lowest BCUT2D eigenvalue weighted by molar-refractivity contribution is 0.0955. The third kappa shape index (κ3) is 4.64. The second-order valence-electron chi connectivity index (χ2n) is 7.56. The van der Waals surface area contributed by atoms with Crippen LogP contribution in [-0.2, 0) is 6.54 Å². The molecule has 0 aromatic heterocycles. The maximum atomic E-state index is 12.3. The average molecular weight is 422 g/mol. The van der Waals surface area contributed by atoms with Crippen molar-refractivity contribution in [1.82, 2.24) is 10.3 Å². The highest BCUT2D eigenvalue weighted by atomic mass is 35.5.